The quantitative estimate of drug-likeness (QED) is 0.912. The van der Waals surface area contributed by atoms with E-state index in [2.05, 4.69) is 4.98 Å². The highest BCUT2D eigenvalue weighted by Crippen LogP contribution is 2.35. The van der Waals surface area contributed by atoms with Gasteiger partial charge in [-0.3, -0.25) is 0 Å². The molecule has 3 rings (SSSR count). The van der Waals surface area contributed by atoms with Crippen LogP contribution in [0.25, 0.3) is 11.0 Å². The summed E-state index contributed by atoms with van der Waals surface area (Å²) in [5, 5.41) is 9.69. The van der Waals surface area contributed by atoms with E-state index in [1.54, 1.807) is 6.07 Å². The van der Waals surface area contributed by atoms with Gasteiger partial charge >= 0.3 is 5.97 Å². The Morgan fingerprint density at radius 2 is 2.42 bits per heavy atom. The minimum Gasteiger partial charge on any atom is -0.478 e. The van der Waals surface area contributed by atoms with E-state index >= 15 is 0 Å². The fourth-order valence-electron chi connectivity index (χ4n) is 2.30. The summed E-state index contributed by atoms with van der Waals surface area (Å²) >= 11 is 0. The number of aromatic nitrogens is 1. The first-order valence-corrected chi connectivity index (χ1v) is 5.98. The number of rotatable bonds is 3. The van der Waals surface area contributed by atoms with Crippen LogP contribution in [-0.2, 0) is 4.74 Å². The molecule has 1 atom stereocenters. The van der Waals surface area contributed by atoms with E-state index in [4.69, 9.17) is 13.9 Å². The minimum atomic E-state index is -1.03. The van der Waals surface area contributed by atoms with Gasteiger partial charge in [0.25, 0.3) is 5.88 Å². The van der Waals surface area contributed by atoms with Crippen LogP contribution >= 0.6 is 0 Å². The van der Waals surface area contributed by atoms with Crippen molar-refractivity contribution in [1.82, 2.24) is 4.98 Å². The minimum absolute atomic E-state index is 0.115. The van der Waals surface area contributed by atoms with Crippen LogP contribution in [0.3, 0.4) is 0 Å². The van der Waals surface area contributed by atoms with Crippen LogP contribution in [0.15, 0.2) is 16.7 Å². The molecule has 2 aromatic rings. The average Bonchev–Trinajstić information content (AvgIpc) is 3.05. The maximum Gasteiger partial charge on any atom is 0.338 e. The first kappa shape index (κ1) is 12.0. The second-order valence-electron chi connectivity index (χ2n) is 4.44. The Morgan fingerprint density at radius 1 is 1.58 bits per heavy atom. The van der Waals surface area contributed by atoms with Gasteiger partial charge in [0.15, 0.2) is 5.58 Å². The molecule has 6 nitrogen and oxygen atoms in total. The zero-order valence-electron chi connectivity index (χ0n) is 10.4. The van der Waals surface area contributed by atoms with Crippen molar-refractivity contribution in [3.05, 3.63) is 23.6 Å². The first-order valence-electron chi connectivity index (χ1n) is 5.98. The third kappa shape index (κ3) is 1.94. The summed E-state index contributed by atoms with van der Waals surface area (Å²) in [7, 11) is 1.48. The van der Waals surface area contributed by atoms with Crippen molar-refractivity contribution in [2.24, 2.45) is 0 Å². The number of furan rings is 1. The summed E-state index contributed by atoms with van der Waals surface area (Å²) in [6, 6.07) is 1.75. The molecule has 1 unspecified atom stereocenters. The molecule has 0 bridgehead atoms. The molecule has 3 heterocycles. The van der Waals surface area contributed by atoms with Crippen molar-refractivity contribution in [1.29, 1.82) is 0 Å². The molecule has 1 aliphatic heterocycles. The van der Waals surface area contributed by atoms with Crippen molar-refractivity contribution in [3.8, 4) is 5.88 Å². The highest BCUT2D eigenvalue weighted by atomic mass is 16.5. The normalized spacial score (nSPS) is 18.9. The second kappa shape index (κ2) is 4.55. The predicted molar refractivity (Wildman–Crippen MR) is 65.7 cm³/mol. The Labute approximate surface area is 108 Å². The zero-order chi connectivity index (χ0) is 13.4. The van der Waals surface area contributed by atoms with Gasteiger partial charge in [0, 0.05) is 24.1 Å². The summed E-state index contributed by atoms with van der Waals surface area (Å²) < 4.78 is 16.2. The summed E-state index contributed by atoms with van der Waals surface area (Å²) in [6.07, 6.45) is 2.16. The third-order valence-electron chi connectivity index (χ3n) is 3.30. The van der Waals surface area contributed by atoms with Crippen LogP contribution in [-0.4, -0.2) is 36.4 Å². The van der Waals surface area contributed by atoms with Crippen molar-refractivity contribution < 1.29 is 23.8 Å². The summed E-state index contributed by atoms with van der Waals surface area (Å²) in [5.41, 5.74) is 0.494. The molecular weight excluding hydrogens is 250 g/mol. The van der Waals surface area contributed by atoms with Crippen LogP contribution in [0.4, 0.5) is 0 Å². The van der Waals surface area contributed by atoms with E-state index in [9.17, 15) is 9.90 Å². The van der Waals surface area contributed by atoms with E-state index in [0.717, 1.165) is 12.2 Å². The van der Waals surface area contributed by atoms with Crippen molar-refractivity contribution >= 4 is 16.9 Å². The van der Waals surface area contributed by atoms with E-state index < -0.39 is 5.97 Å². The monoisotopic (exact) mass is 263 g/mol. The van der Waals surface area contributed by atoms with Crippen LogP contribution < -0.4 is 4.74 Å². The lowest BCUT2D eigenvalue weighted by Crippen LogP contribution is -1.99. The maximum absolute atomic E-state index is 11.2. The van der Waals surface area contributed by atoms with E-state index in [0.29, 0.717) is 30.1 Å². The molecule has 1 saturated heterocycles. The maximum atomic E-state index is 11.2. The van der Waals surface area contributed by atoms with Crippen molar-refractivity contribution in [2.45, 2.75) is 12.3 Å². The highest BCUT2D eigenvalue weighted by molar-refractivity contribution is 6.03. The Balaban J connectivity index is 2.17. The standard InChI is InChI=1S/C13H13NO5/c1-17-12-11-8(9(5-14-12)13(15)16)4-10(19-11)7-2-3-18-6-7/h4-5,7H,2-3,6H2,1H3,(H,15,16). The van der Waals surface area contributed by atoms with Gasteiger partial charge in [-0.25, -0.2) is 9.78 Å². The number of nitrogens with zero attached hydrogens (tertiary/aromatic N) is 1. The average molecular weight is 263 g/mol. The summed E-state index contributed by atoms with van der Waals surface area (Å²) in [4.78, 5) is 15.2. The zero-order valence-corrected chi connectivity index (χ0v) is 10.4. The molecule has 1 aliphatic rings. The molecule has 19 heavy (non-hydrogen) atoms. The molecule has 0 saturated carbocycles. The number of aromatic carboxylic acids is 1. The number of fused-ring (bicyclic) bond motifs is 1. The Morgan fingerprint density at radius 3 is 3.05 bits per heavy atom. The largest absolute Gasteiger partial charge is 0.478 e. The fraction of sp³-hybridized carbons (Fsp3) is 0.385. The van der Waals surface area contributed by atoms with Gasteiger partial charge in [-0.1, -0.05) is 0 Å². The van der Waals surface area contributed by atoms with Crippen molar-refractivity contribution in [2.75, 3.05) is 20.3 Å². The Kier molecular flexibility index (Phi) is 2.87. The lowest BCUT2D eigenvalue weighted by Gasteiger charge is -2.02. The molecule has 0 aliphatic carbocycles. The van der Waals surface area contributed by atoms with E-state index in [1.807, 2.05) is 0 Å². The number of carboxylic acid groups (broad SMARTS) is 1. The van der Waals surface area contributed by atoms with Gasteiger partial charge in [0.2, 0.25) is 0 Å². The highest BCUT2D eigenvalue weighted by Gasteiger charge is 2.25. The van der Waals surface area contributed by atoms with E-state index in [1.165, 1.54) is 13.3 Å². The molecule has 1 fully saturated rings. The Hall–Kier alpha value is -2.08. The van der Waals surface area contributed by atoms with Crippen LogP contribution in [0.2, 0.25) is 0 Å². The molecular formula is C13H13NO5. The van der Waals surface area contributed by atoms with Crippen LogP contribution in [0.5, 0.6) is 5.88 Å². The predicted octanol–water partition coefficient (Wildman–Crippen LogP) is 2.04. The van der Waals surface area contributed by atoms with Gasteiger partial charge in [-0.05, 0) is 12.5 Å². The molecule has 2 aromatic heterocycles. The fourth-order valence-corrected chi connectivity index (χ4v) is 2.30. The second-order valence-corrected chi connectivity index (χ2v) is 4.44. The number of carboxylic acids is 1. The van der Waals surface area contributed by atoms with Crippen LogP contribution in [0.1, 0.15) is 28.5 Å². The molecule has 100 valence electrons. The molecule has 0 aromatic carbocycles. The number of ether oxygens (including phenoxy) is 2. The van der Waals surface area contributed by atoms with Gasteiger partial charge in [-0.15, -0.1) is 0 Å². The van der Waals surface area contributed by atoms with E-state index in [-0.39, 0.29) is 11.5 Å². The number of carbonyl (C=O) groups is 1. The topological polar surface area (TPSA) is 81.8 Å². The molecule has 1 N–H and O–H groups in total. The number of hydrogen-bond acceptors (Lipinski definition) is 5. The number of methoxy groups -OCH3 is 1. The SMILES string of the molecule is COc1ncc(C(=O)O)c2cc(C3CCOC3)oc12. The summed E-state index contributed by atoms with van der Waals surface area (Å²) in [6.45, 7) is 1.29. The number of hydrogen-bond donors (Lipinski definition) is 1. The lowest BCUT2D eigenvalue weighted by atomic mass is 10.1. The molecule has 6 heteroatoms. The first-order chi connectivity index (χ1) is 9.20. The Bertz CT molecular complexity index is 627. The summed E-state index contributed by atoms with van der Waals surface area (Å²) in [5.74, 6) is 0.153. The number of pyridine rings is 1. The smallest absolute Gasteiger partial charge is 0.338 e. The molecule has 0 spiro atoms. The van der Waals surface area contributed by atoms with Gasteiger partial charge in [0.1, 0.15) is 5.76 Å². The van der Waals surface area contributed by atoms with Crippen LogP contribution in [0, 0.1) is 0 Å². The van der Waals surface area contributed by atoms with Gasteiger partial charge in [0.05, 0.1) is 19.3 Å². The molecule has 0 radical (unpaired) electrons. The van der Waals surface area contributed by atoms with Gasteiger partial charge in [-0.2, -0.15) is 0 Å². The van der Waals surface area contributed by atoms with Gasteiger partial charge < -0.3 is 19.0 Å². The van der Waals surface area contributed by atoms with Crippen molar-refractivity contribution in [3.63, 3.8) is 0 Å². The molecule has 0 amide bonds. The third-order valence-corrected chi connectivity index (χ3v) is 3.30. The lowest BCUT2D eigenvalue weighted by molar-refractivity contribution is 0.0698.